The number of benzene rings is 2. The molecule has 2 aromatic carbocycles. The predicted octanol–water partition coefficient (Wildman–Crippen LogP) is 5.61. The van der Waals surface area contributed by atoms with Gasteiger partial charge in [-0.2, -0.15) is 0 Å². The summed E-state index contributed by atoms with van der Waals surface area (Å²) < 4.78 is 0. The molecule has 2 heterocycles. The summed E-state index contributed by atoms with van der Waals surface area (Å²) in [5.41, 5.74) is 2.58. The van der Waals surface area contributed by atoms with Crippen LogP contribution in [-0.4, -0.2) is 61.5 Å². The van der Waals surface area contributed by atoms with E-state index in [4.69, 9.17) is 23.2 Å². The molecular weight excluding hydrogens is 433 g/mol. The highest BCUT2D eigenvalue weighted by molar-refractivity contribution is 7.99. The SMILES string of the molecule is Cl.ClCCN1CCN(CCCN2c3ccccc3Sc3cc(Cl)ccc32)CC1. The van der Waals surface area contributed by atoms with Gasteiger partial charge in [0.25, 0.3) is 0 Å². The second kappa shape index (κ2) is 10.4. The van der Waals surface area contributed by atoms with Crippen LogP contribution < -0.4 is 4.90 Å². The van der Waals surface area contributed by atoms with Gasteiger partial charge < -0.3 is 9.80 Å². The van der Waals surface area contributed by atoms with Gasteiger partial charge in [-0.1, -0.05) is 35.5 Å². The molecule has 1 fully saturated rings. The third-order valence-electron chi connectivity index (χ3n) is 5.31. The van der Waals surface area contributed by atoms with E-state index in [1.807, 2.05) is 17.8 Å². The van der Waals surface area contributed by atoms with Crippen molar-refractivity contribution in [2.45, 2.75) is 16.2 Å². The van der Waals surface area contributed by atoms with E-state index in [1.54, 1.807) is 0 Å². The molecule has 0 N–H and O–H groups in total. The molecule has 7 heteroatoms. The van der Waals surface area contributed by atoms with Gasteiger partial charge in [-0.15, -0.1) is 24.0 Å². The third-order valence-corrected chi connectivity index (χ3v) is 6.83. The Morgan fingerprint density at radius 3 is 2.25 bits per heavy atom. The summed E-state index contributed by atoms with van der Waals surface area (Å²) >= 11 is 13.9. The Bertz CT molecular complexity index is 781. The van der Waals surface area contributed by atoms with Gasteiger partial charge in [0.2, 0.25) is 0 Å². The number of piperazine rings is 1. The molecule has 2 aromatic rings. The van der Waals surface area contributed by atoms with Crippen molar-refractivity contribution in [1.82, 2.24) is 9.80 Å². The van der Waals surface area contributed by atoms with Gasteiger partial charge >= 0.3 is 0 Å². The number of halogens is 3. The first-order valence-electron chi connectivity index (χ1n) is 9.59. The molecule has 0 saturated carbocycles. The number of anilines is 2. The maximum absolute atomic E-state index is 6.24. The molecule has 3 nitrogen and oxygen atoms in total. The van der Waals surface area contributed by atoms with E-state index in [2.05, 4.69) is 51.1 Å². The van der Waals surface area contributed by atoms with Gasteiger partial charge in [0.05, 0.1) is 11.4 Å². The summed E-state index contributed by atoms with van der Waals surface area (Å²) in [5.74, 6) is 0.732. The normalized spacial score (nSPS) is 17.0. The average molecular weight is 459 g/mol. The number of hydrogen-bond donors (Lipinski definition) is 0. The van der Waals surface area contributed by atoms with Crippen molar-refractivity contribution >= 4 is 58.7 Å². The van der Waals surface area contributed by atoms with E-state index in [9.17, 15) is 0 Å². The molecule has 0 amide bonds. The van der Waals surface area contributed by atoms with Crippen molar-refractivity contribution in [2.24, 2.45) is 0 Å². The van der Waals surface area contributed by atoms with Crippen LogP contribution in [0.5, 0.6) is 0 Å². The fourth-order valence-electron chi connectivity index (χ4n) is 3.86. The summed E-state index contributed by atoms with van der Waals surface area (Å²) in [4.78, 5) is 10.1. The van der Waals surface area contributed by atoms with E-state index in [1.165, 1.54) is 21.2 Å². The summed E-state index contributed by atoms with van der Waals surface area (Å²) in [6, 6.07) is 14.9. The van der Waals surface area contributed by atoms with Crippen LogP contribution in [0, 0.1) is 0 Å². The van der Waals surface area contributed by atoms with Crippen molar-refractivity contribution < 1.29 is 0 Å². The molecule has 152 valence electrons. The van der Waals surface area contributed by atoms with Gasteiger partial charge in [0.15, 0.2) is 0 Å². The lowest BCUT2D eigenvalue weighted by molar-refractivity contribution is 0.137. The van der Waals surface area contributed by atoms with Crippen LogP contribution in [0.15, 0.2) is 52.3 Å². The van der Waals surface area contributed by atoms with Crippen LogP contribution in [-0.2, 0) is 0 Å². The Balaban J connectivity index is 0.00000225. The largest absolute Gasteiger partial charge is 0.340 e. The Hall–Kier alpha value is -0.620. The lowest BCUT2D eigenvalue weighted by Gasteiger charge is -2.36. The molecule has 0 atom stereocenters. The van der Waals surface area contributed by atoms with Gasteiger partial charge in [0, 0.05) is 60.0 Å². The maximum atomic E-state index is 6.24. The van der Waals surface area contributed by atoms with E-state index < -0.39 is 0 Å². The molecule has 4 rings (SSSR count). The minimum atomic E-state index is 0. The first-order valence-corrected chi connectivity index (χ1v) is 11.3. The van der Waals surface area contributed by atoms with Crippen LogP contribution in [0.4, 0.5) is 11.4 Å². The molecule has 2 aliphatic heterocycles. The van der Waals surface area contributed by atoms with Crippen molar-refractivity contribution in [3.05, 3.63) is 47.5 Å². The number of rotatable bonds is 6. The van der Waals surface area contributed by atoms with Crippen LogP contribution in [0.3, 0.4) is 0 Å². The van der Waals surface area contributed by atoms with Gasteiger partial charge in [-0.3, -0.25) is 4.90 Å². The standard InChI is InChI=1S/C21H25Cl2N3S.ClH/c22-8-11-25-14-12-24(13-15-25)9-3-10-26-18-4-1-2-5-20(18)27-21-16-17(23)6-7-19(21)26;/h1-2,4-7,16H,3,8-15H2;1H. The Morgan fingerprint density at radius 2 is 1.50 bits per heavy atom. The third kappa shape index (κ3) is 5.10. The molecule has 0 bridgehead atoms. The number of nitrogens with zero attached hydrogens (tertiary/aromatic N) is 3. The second-order valence-corrected chi connectivity index (χ2v) is 8.96. The zero-order valence-corrected chi connectivity index (χ0v) is 19.0. The van der Waals surface area contributed by atoms with E-state index in [0.29, 0.717) is 0 Å². The topological polar surface area (TPSA) is 9.72 Å². The number of alkyl halides is 1. The predicted molar refractivity (Wildman–Crippen MR) is 124 cm³/mol. The van der Waals surface area contributed by atoms with E-state index >= 15 is 0 Å². The quantitative estimate of drug-likeness (QED) is 0.520. The van der Waals surface area contributed by atoms with E-state index in [0.717, 1.165) is 63.1 Å². The highest BCUT2D eigenvalue weighted by Gasteiger charge is 2.23. The first-order chi connectivity index (χ1) is 13.2. The lowest BCUT2D eigenvalue weighted by atomic mass is 10.2. The van der Waals surface area contributed by atoms with Gasteiger partial charge in [0.1, 0.15) is 0 Å². The fraction of sp³-hybridized carbons (Fsp3) is 0.429. The monoisotopic (exact) mass is 457 g/mol. The average Bonchev–Trinajstić information content (AvgIpc) is 2.69. The Labute approximate surface area is 188 Å². The van der Waals surface area contributed by atoms with Crippen LogP contribution in [0.1, 0.15) is 6.42 Å². The molecule has 0 aromatic heterocycles. The Morgan fingerprint density at radius 1 is 0.821 bits per heavy atom. The fourth-order valence-corrected chi connectivity index (χ4v) is 5.47. The highest BCUT2D eigenvalue weighted by atomic mass is 35.5. The maximum Gasteiger partial charge on any atom is 0.0553 e. The lowest BCUT2D eigenvalue weighted by Crippen LogP contribution is -2.47. The number of fused-ring (bicyclic) bond motifs is 2. The molecule has 2 aliphatic rings. The first kappa shape index (κ1) is 22.1. The van der Waals surface area contributed by atoms with Crippen LogP contribution in [0.2, 0.25) is 5.02 Å². The summed E-state index contributed by atoms with van der Waals surface area (Å²) in [5, 5.41) is 0.801. The minimum Gasteiger partial charge on any atom is -0.340 e. The molecule has 0 spiro atoms. The zero-order chi connectivity index (χ0) is 18.6. The van der Waals surface area contributed by atoms with Gasteiger partial charge in [-0.05, 0) is 43.3 Å². The smallest absolute Gasteiger partial charge is 0.0553 e. The molecule has 0 unspecified atom stereocenters. The number of hydrogen-bond acceptors (Lipinski definition) is 4. The second-order valence-electron chi connectivity index (χ2n) is 7.06. The van der Waals surface area contributed by atoms with Gasteiger partial charge in [-0.25, -0.2) is 0 Å². The van der Waals surface area contributed by atoms with E-state index in [-0.39, 0.29) is 12.4 Å². The highest BCUT2D eigenvalue weighted by Crippen LogP contribution is 2.48. The van der Waals surface area contributed by atoms with Crippen molar-refractivity contribution in [3.8, 4) is 0 Å². The Kier molecular flexibility index (Phi) is 8.22. The van der Waals surface area contributed by atoms with Crippen molar-refractivity contribution in [3.63, 3.8) is 0 Å². The minimum absolute atomic E-state index is 0. The number of para-hydroxylation sites is 1. The molecule has 1 saturated heterocycles. The molecule has 0 aliphatic carbocycles. The molecular formula is C21H26Cl3N3S. The molecule has 0 radical (unpaired) electrons. The van der Waals surface area contributed by atoms with Crippen molar-refractivity contribution in [1.29, 1.82) is 0 Å². The van der Waals surface area contributed by atoms with Crippen LogP contribution >= 0.6 is 47.4 Å². The summed E-state index contributed by atoms with van der Waals surface area (Å²) in [6.45, 7) is 7.74. The van der Waals surface area contributed by atoms with Crippen LogP contribution in [0.25, 0.3) is 0 Å². The zero-order valence-electron chi connectivity index (χ0n) is 15.8. The van der Waals surface area contributed by atoms with Crippen molar-refractivity contribution in [2.75, 3.05) is 56.6 Å². The molecule has 28 heavy (non-hydrogen) atoms. The summed E-state index contributed by atoms with van der Waals surface area (Å²) in [7, 11) is 0. The summed E-state index contributed by atoms with van der Waals surface area (Å²) in [6.07, 6.45) is 1.15.